The smallest absolute Gasteiger partial charge is 0.308 e. The summed E-state index contributed by atoms with van der Waals surface area (Å²) in [5, 5.41) is 0. The second kappa shape index (κ2) is 9.74. The minimum absolute atomic E-state index is 0.750. The van der Waals surface area contributed by atoms with E-state index >= 15 is 0 Å². The number of hydrogen-bond donors (Lipinski definition) is 0. The molecular formula is C6H16N2O2S. The van der Waals surface area contributed by atoms with E-state index in [0.29, 0.717) is 0 Å². The highest BCUT2D eigenvalue weighted by molar-refractivity contribution is 7.51. The molecule has 0 unspecified atom stereocenters. The van der Waals surface area contributed by atoms with E-state index in [9.17, 15) is 0 Å². The van der Waals surface area contributed by atoms with Gasteiger partial charge in [-0.3, -0.25) is 0 Å². The van der Waals surface area contributed by atoms with E-state index in [1.807, 2.05) is 0 Å². The Morgan fingerprint density at radius 3 is 1.18 bits per heavy atom. The summed E-state index contributed by atoms with van der Waals surface area (Å²) in [5.41, 5.74) is 0. The van der Waals surface area contributed by atoms with Crippen molar-refractivity contribution in [2.75, 3.05) is 41.3 Å². The summed E-state index contributed by atoms with van der Waals surface area (Å²) in [6, 6.07) is 0. The topological polar surface area (TPSA) is 40.6 Å². The third-order valence-electron chi connectivity index (χ3n) is 0.994. The van der Waals surface area contributed by atoms with Crippen LogP contribution in [-0.4, -0.2) is 59.5 Å². The van der Waals surface area contributed by atoms with Crippen LogP contribution >= 0.6 is 0 Å². The van der Waals surface area contributed by atoms with Crippen LogP contribution < -0.4 is 0 Å². The predicted molar refractivity (Wildman–Crippen MR) is 46.0 cm³/mol. The highest BCUT2D eigenvalue weighted by Crippen LogP contribution is 1.76. The Bertz CT molecular complexity index is 103. The van der Waals surface area contributed by atoms with Gasteiger partial charge in [-0.15, -0.1) is 0 Å². The molecule has 5 heteroatoms. The number of nitrogens with zero attached hydrogens (tertiary/aromatic N) is 2. The van der Waals surface area contributed by atoms with Gasteiger partial charge in [-0.25, -0.2) is 0 Å². The molecule has 0 aromatic rings. The molecule has 0 bridgehead atoms. The second-order valence-corrected chi connectivity index (χ2v) is 2.81. The first-order valence-corrected chi connectivity index (χ1v) is 3.92. The third kappa shape index (κ3) is 26.0. The standard InChI is InChI=1S/C6H16N2.O2S/c1-7(2)5-6-8(3)4;1-3-2/h5-6H2,1-4H3;. The van der Waals surface area contributed by atoms with Crippen LogP contribution in [-0.2, 0) is 11.6 Å². The third-order valence-corrected chi connectivity index (χ3v) is 0.994. The summed E-state index contributed by atoms with van der Waals surface area (Å²) in [6.07, 6.45) is 0. The molecule has 0 aromatic carbocycles. The van der Waals surface area contributed by atoms with E-state index in [1.165, 1.54) is 0 Å². The summed E-state index contributed by atoms with van der Waals surface area (Å²) >= 11 is -0.750. The lowest BCUT2D eigenvalue weighted by Crippen LogP contribution is -2.25. The molecule has 0 aliphatic heterocycles. The van der Waals surface area contributed by atoms with Crippen LogP contribution in [0.3, 0.4) is 0 Å². The molecular weight excluding hydrogens is 164 g/mol. The van der Waals surface area contributed by atoms with E-state index in [0.717, 1.165) is 13.1 Å². The Morgan fingerprint density at radius 2 is 1.09 bits per heavy atom. The van der Waals surface area contributed by atoms with Crippen LogP contribution in [0, 0.1) is 0 Å². The Balaban J connectivity index is 0. The van der Waals surface area contributed by atoms with Crippen molar-refractivity contribution in [1.29, 1.82) is 0 Å². The summed E-state index contributed by atoms with van der Waals surface area (Å²) in [6.45, 7) is 2.29. The summed E-state index contributed by atoms with van der Waals surface area (Å²) in [4.78, 5) is 4.36. The highest BCUT2D eigenvalue weighted by atomic mass is 32.1. The average Bonchev–Trinajstić information content (AvgIpc) is 1.85. The molecule has 0 N–H and O–H groups in total. The van der Waals surface area contributed by atoms with Crippen LogP contribution in [0.1, 0.15) is 0 Å². The molecule has 4 nitrogen and oxygen atoms in total. The highest BCUT2D eigenvalue weighted by Gasteiger charge is 1.89. The molecule has 0 atom stereocenters. The first-order valence-electron chi connectivity index (χ1n) is 3.25. The van der Waals surface area contributed by atoms with Crippen molar-refractivity contribution in [1.82, 2.24) is 9.80 Å². The van der Waals surface area contributed by atoms with Crippen molar-refractivity contribution in [3.05, 3.63) is 0 Å². The van der Waals surface area contributed by atoms with Gasteiger partial charge in [0.25, 0.3) is 0 Å². The summed E-state index contributed by atoms with van der Waals surface area (Å²) in [5.74, 6) is 0. The maximum Gasteiger partial charge on any atom is 0.335 e. The van der Waals surface area contributed by atoms with Crippen LogP contribution in [0.2, 0.25) is 0 Å². The van der Waals surface area contributed by atoms with Gasteiger partial charge >= 0.3 is 11.6 Å². The van der Waals surface area contributed by atoms with E-state index in [2.05, 4.69) is 38.0 Å². The molecule has 0 saturated carbocycles. The summed E-state index contributed by atoms with van der Waals surface area (Å²) < 4.78 is 16.6. The van der Waals surface area contributed by atoms with Crippen LogP contribution in [0.4, 0.5) is 0 Å². The van der Waals surface area contributed by atoms with Gasteiger partial charge in [0.1, 0.15) is 0 Å². The van der Waals surface area contributed by atoms with Crippen molar-refractivity contribution in [3.63, 3.8) is 0 Å². The summed E-state index contributed by atoms with van der Waals surface area (Å²) in [7, 11) is 8.35. The maximum absolute atomic E-state index is 8.29. The van der Waals surface area contributed by atoms with E-state index in [1.54, 1.807) is 0 Å². The Labute approximate surface area is 71.8 Å². The number of hydrogen-bond acceptors (Lipinski definition) is 4. The van der Waals surface area contributed by atoms with Crippen molar-refractivity contribution in [2.24, 2.45) is 0 Å². The Kier molecular flexibility index (Phi) is 11.8. The molecule has 0 spiro atoms. The molecule has 0 aromatic heterocycles. The molecule has 0 rings (SSSR count). The van der Waals surface area contributed by atoms with Gasteiger partial charge < -0.3 is 9.80 Å². The zero-order valence-corrected chi connectivity index (χ0v) is 8.35. The van der Waals surface area contributed by atoms with Crippen molar-refractivity contribution >= 4 is 11.6 Å². The predicted octanol–water partition coefficient (Wildman–Crippen LogP) is -0.561. The molecule has 0 fully saturated rings. The van der Waals surface area contributed by atoms with Crippen LogP contribution in [0.15, 0.2) is 0 Å². The van der Waals surface area contributed by atoms with E-state index in [-0.39, 0.29) is 0 Å². The fourth-order valence-corrected chi connectivity index (χ4v) is 0.400. The monoisotopic (exact) mass is 180 g/mol. The molecule has 0 heterocycles. The van der Waals surface area contributed by atoms with Gasteiger partial charge in [0.15, 0.2) is 0 Å². The lowest BCUT2D eigenvalue weighted by molar-refractivity contribution is 0.320. The molecule has 0 aliphatic rings. The molecule has 0 saturated heterocycles. The lowest BCUT2D eigenvalue weighted by atomic mass is 10.5. The van der Waals surface area contributed by atoms with Crippen molar-refractivity contribution in [3.8, 4) is 0 Å². The van der Waals surface area contributed by atoms with Crippen molar-refractivity contribution < 1.29 is 8.42 Å². The quantitative estimate of drug-likeness (QED) is 0.584. The first kappa shape index (κ1) is 13.3. The molecule has 0 amide bonds. The first-order chi connectivity index (χ1) is 5.04. The second-order valence-electron chi connectivity index (χ2n) is 2.67. The zero-order valence-electron chi connectivity index (χ0n) is 7.53. The molecule has 0 aliphatic carbocycles. The van der Waals surface area contributed by atoms with Gasteiger partial charge in [0.05, 0.1) is 0 Å². The largest absolute Gasteiger partial charge is 0.335 e. The SMILES string of the molecule is CN(C)CCN(C)C.O=S=O. The minimum atomic E-state index is -0.750. The number of likely N-dealkylation sites (N-methyl/N-ethyl adjacent to an activating group) is 2. The Hall–Kier alpha value is -0.260. The van der Waals surface area contributed by atoms with Gasteiger partial charge in [-0.2, -0.15) is 8.42 Å². The zero-order chi connectivity index (χ0) is 9.28. The van der Waals surface area contributed by atoms with E-state index < -0.39 is 11.6 Å². The molecule has 68 valence electrons. The van der Waals surface area contributed by atoms with E-state index in [4.69, 9.17) is 8.42 Å². The van der Waals surface area contributed by atoms with Crippen molar-refractivity contribution in [2.45, 2.75) is 0 Å². The van der Waals surface area contributed by atoms with Crippen LogP contribution in [0.5, 0.6) is 0 Å². The normalized spacial score (nSPS) is 9.27. The fraction of sp³-hybridized carbons (Fsp3) is 1.00. The minimum Gasteiger partial charge on any atom is -0.308 e. The number of rotatable bonds is 3. The van der Waals surface area contributed by atoms with Gasteiger partial charge in [0.2, 0.25) is 0 Å². The van der Waals surface area contributed by atoms with Gasteiger partial charge in [-0.1, -0.05) is 0 Å². The van der Waals surface area contributed by atoms with Gasteiger partial charge in [-0.05, 0) is 28.2 Å². The maximum atomic E-state index is 8.29. The average molecular weight is 180 g/mol. The Morgan fingerprint density at radius 1 is 0.909 bits per heavy atom. The lowest BCUT2D eigenvalue weighted by Gasteiger charge is -2.13. The van der Waals surface area contributed by atoms with Gasteiger partial charge in [0, 0.05) is 13.1 Å². The molecule has 11 heavy (non-hydrogen) atoms. The molecule has 0 radical (unpaired) electrons. The van der Waals surface area contributed by atoms with Crippen LogP contribution in [0.25, 0.3) is 0 Å². The fourth-order valence-electron chi connectivity index (χ4n) is 0.400.